The lowest BCUT2D eigenvalue weighted by Gasteiger charge is -2.37. The Labute approximate surface area is 218 Å². The van der Waals surface area contributed by atoms with Gasteiger partial charge in [-0.15, -0.1) is 11.3 Å². The van der Waals surface area contributed by atoms with Crippen LogP contribution >= 0.6 is 11.3 Å². The summed E-state index contributed by atoms with van der Waals surface area (Å²) >= 11 is 1.44. The van der Waals surface area contributed by atoms with E-state index in [0.29, 0.717) is 40.8 Å². The van der Waals surface area contributed by atoms with E-state index in [1.165, 1.54) is 11.3 Å². The van der Waals surface area contributed by atoms with Crippen molar-refractivity contribution in [2.45, 2.75) is 25.7 Å². The Kier molecular flexibility index (Phi) is 6.03. The zero-order valence-electron chi connectivity index (χ0n) is 20.4. The number of hydrogen-bond donors (Lipinski definition) is 1. The minimum atomic E-state index is -0.277. The summed E-state index contributed by atoms with van der Waals surface area (Å²) < 4.78 is 10.7. The molecule has 1 N–H and O–H groups in total. The molecule has 1 aromatic heterocycles. The van der Waals surface area contributed by atoms with Crippen molar-refractivity contribution < 1.29 is 23.9 Å². The summed E-state index contributed by atoms with van der Waals surface area (Å²) in [4.78, 5) is 47.6. The van der Waals surface area contributed by atoms with Crippen molar-refractivity contribution in [3.8, 4) is 11.5 Å². The average molecular weight is 519 g/mol. The fraction of sp³-hybridized carbons (Fsp3) is 0.333. The highest BCUT2D eigenvalue weighted by atomic mass is 32.1. The minimum Gasteiger partial charge on any atom is -0.454 e. The van der Waals surface area contributed by atoms with Crippen LogP contribution < -0.4 is 19.7 Å². The second-order valence-electron chi connectivity index (χ2n) is 9.36. The molecule has 6 rings (SSSR count). The molecule has 1 fully saturated rings. The summed E-state index contributed by atoms with van der Waals surface area (Å²) in [5, 5.41) is 3.38. The number of fused-ring (bicyclic) bond motifs is 2. The molecule has 0 bridgehead atoms. The number of ketones is 1. The number of aromatic nitrogens is 1. The Hall–Kier alpha value is -3.92. The van der Waals surface area contributed by atoms with E-state index in [2.05, 4.69) is 15.2 Å². The van der Waals surface area contributed by atoms with Gasteiger partial charge in [-0.3, -0.25) is 19.7 Å². The lowest BCUT2D eigenvalue weighted by Crippen LogP contribution is -2.50. The standard InChI is InChI=1S/C27H26N4O5S/c1-16(32)17-2-5-19(6-3-17)30-10-12-31(13-11-30)26(34)20-7-9-23-24(20)28-27(37-23)29-25(33)18-4-8-21-22(14-18)36-15-35-21/h2-6,8,14,20H,7,9-13,15H2,1H3,(H,28,29,33). The molecule has 3 heterocycles. The van der Waals surface area contributed by atoms with Crippen molar-refractivity contribution in [1.29, 1.82) is 0 Å². The maximum atomic E-state index is 13.4. The smallest absolute Gasteiger partial charge is 0.257 e. The first kappa shape index (κ1) is 23.5. The first-order chi connectivity index (χ1) is 18.0. The van der Waals surface area contributed by atoms with Gasteiger partial charge >= 0.3 is 0 Å². The van der Waals surface area contributed by atoms with Gasteiger partial charge in [-0.25, -0.2) is 4.98 Å². The van der Waals surface area contributed by atoms with Gasteiger partial charge in [0.2, 0.25) is 12.7 Å². The minimum absolute atomic E-state index is 0.0515. The lowest BCUT2D eigenvalue weighted by atomic mass is 10.0. The molecule has 1 atom stereocenters. The van der Waals surface area contributed by atoms with Crippen LogP contribution in [0.15, 0.2) is 42.5 Å². The number of benzene rings is 2. The number of anilines is 2. The van der Waals surface area contributed by atoms with Crippen LogP contribution in [0.3, 0.4) is 0 Å². The van der Waals surface area contributed by atoms with E-state index in [0.717, 1.165) is 42.2 Å². The fourth-order valence-corrected chi connectivity index (χ4v) is 6.07. The van der Waals surface area contributed by atoms with Crippen LogP contribution in [0.5, 0.6) is 11.5 Å². The summed E-state index contributed by atoms with van der Waals surface area (Å²) in [7, 11) is 0. The van der Waals surface area contributed by atoms with E-state index in [9.17, 15) is 14.4 Å². The van der Waals surface area contributed by atoms with Crippen LogP contribution in [0.2, 0.25) is 0 Å². The molecule has 0 saturated carbocycles. The molecule has 0 radical (unpaired) electrons. The molecule has 1 unspecified atom stereocenters. The van der Waals surface area contributed by atoms with Crippen molar-refractivity contribution >= 4 is 39.8 Å². The van der Waals surface area contributed by atoms with Gasteiger partial charge in [0.1, 0.15) is 0 Å². The monoisotopic (exact) mass is 518 g/mol. The van der Waals surface area contributed by atoms with Crippen LogP contribution in [0.1, 0.15) is 50.5 Å². The highest BCUT2D eigenvalue weighted by Gasteiger charge is 2.36. The number of carbonyl (C=O) groups excluding carboxylic acids is 3. The van der Waals surface area contributed by atoms with Crippen molar-refractivity contribution in [3.05, 3.63) is 64.2 Å². The van der Waals surface area contributed by atoms with E-state index in [1.807, 2.05) is 29.2 Å². The Morgan fingerprint density at radius 2 is 1.70 bits per heavy atom. The maximum absolute atomic E-state index is 13.4. The zero-order chi connectivity index (χ0) is 25.5. The Morgan fingerprint density at radius 1 is 0.973 bits per heavy atom. The SMILES string of the molecule is CC(=O)c1ccc(N2CCN(C(=O)C3CCc4sc(NC(=O)c5ccc6c(c5)OCO6)nc43)CC2)cc1. The van der Waals surface area contributed by atoms with E-state index in [-0.39, 0.29) is 30.3 Å². The number of nitrogens with one attached hydrogen (secondary N) is 1. The summed E-state index contributed by atoms with van der Waals surface area (Å²) in [5.74, 6) is 0.774. The normalized spacial score (nSPS) is 18.0. The zero-order valence-corrected chi connectivity index (χ0v) is 21.2. The van der Waals surface area contributed by atoms with Gasteiger partial charge in [-0.05, 0) is 62.2 Å². The third kappa shape index (κ3) is 4.53. The van der Waals surface area contributed by atoms with E-state index in [4.69, 9.17) is 9.47 Å². The van der Waals surface area contributed by atoms with Gasteiger partial charge in [-0.2, -0.15) is 0 Å². The molecule has 1 aliphatic carbocycles. The molecule has 1 saturated heterocycles. The molecule has 10 heteroatoms. The number of aryl methyl sites for hydroxylation is 1. The molecule has 2 aliphatic heterocycles. The van der Waals surface area contributed by atoms with E-state index >= 15 is 0 Å². The van der Waals surface area contributed by atoms with Gasteiger partial charge in [0, 0.05) is 47.9 Å². The molecule has 37 heavy (non-hydrogen) atoms. The van der Waals surface area contributed by atoms with Crippen LogP contribution in [-0.2, 0) is 11.2 Å². The Bertz CT molecular complexity index is 1380. The molecule has 9 nitrogen and oxygen atoms in total. The number of piperazine rings is 1. The molecular formula is C27H26N4O5S. The second kappa shape index (κ2) is 9.51. The van der Waals surface area contributed by atoms with Crippen LogP contribution in [0, 0.1) is 0 Å². The van der Waals surface area contributed by atoms with Crippen LogP contribution in [0.25, 0.3) is 0 Å². The number of Topliss-reactive ketones (excluding diaryl/α,β-unsaturated/α-hetero) is 1. The van der Waals surface area contributed by atoms with Crippen molar-refractivity contribution in [2.24, 2.45) is 0 Å². The van der Waals surface area contributed by atoms with E-state index < -0.39 is 0 Å². The van der Waals surface area contributed by atoms with Gasteiger partial charge < -0.3 is 19.3 Å². The third-order valence-electron chi connectivity index (χ3n) is 7.10. The Morgan fingerprint density at radius 3 is 2.46 bits per heavy atom. The largest absolute Gasteiger partial charge is 0.454 e. The molecule has 2 aromatic carbocycles. The van der Waals surface area contributed by atoms with Crippen molar-refractivity contribution in [3.63, 3.8) is 0 Å². The molecule has 0 spiro atoms. The summed E-state index contributed by atoms with van der Waals surface area (Å²) in [5.41, 5.74) is 3.01. The third-order valence-corrected chi connectivity index (χ3v) is 8.15. The molecule has 2 amide bonds. The highest BCUT2D eigenvalue weighted by Crippen LogP contribution is 2.40. The van der Waals surface area contributed by atoms with Crippen molar-refractivity contribution in [1.82, 2.24) is 9.88 Å². The summed E-state index contributed by atoms with van der Waals surface area (Å²) in [6.07, 6.45) is 1.53. The number of carbonyl (C=O) groups is 3. The van der Waals surface area contributed by atoms with Crippen LogP contribution in [0.4, 0.5) is 10.8 Å². The first-order valence-corrected chi connectivity index (χ1v) is 13.1. The van der Waals surface area contributed by atoms with Gasteiger partial charge in [0.05, 0.1) is 11.6 Å². The average Bonchev–Trinajstić information content (AvgIpc) is 3.64. The summed E-state index contributed by atoms with van der Waals surface area (Å²) in [6, 6.07) is 12.7. The number of amides is 2. The first-order valence-electron chi connectivity index (χ1n) is 12.3. The number of ether oxygens (including phenoxy) is 2. The van der Waals surface area contributed by atoms with E-state index in [1.54, 1.807) is 25.1 Å². The highest BCUT2D eigenvalue weighted by molar-refractivity contribution is 7.16. The number of nitrogens with zero attached hydrogens (tertiary/aromatic N) is 3. The molecule has 190 valence electrons. The quantitative estimate of drug-likeness (QED) is 0.514. The predicted octanol–water partition coefficient (Wildman–Crippen LogP) is 3.71. The van der Waals surface area contributed by atoms with Gasteiger partial charge in [-0.1, -0.05) is 0 Å². The predicted molar refractivity (Wildman–Crippen MR) is 139 cm³/mol. The maximum Gasteiger partial charge on any atom is 0.257 e. The van der Waals surface area contributed by atoms with Crippen LogP contribution in [-0.4, -0.2) is 60.5 Å². The Balaban J connectivity index is 1.08. The van der Waals surface area contributed by atoms with Gasteiger partial charge in [0.15, 0.2) is 22.4 Å². The molecule has 3 aliphatic rings. The van der Waals surface area contributed by atoms with Crippen molar-refractivity contribution in [2.75, 3.05) is 43.2 Å². The second-order valence-corrected chi connectivity index (χ2v) is 10.4. The molecule has 3 aromatic rings. The topological polar surface area (TPSA) is 101 Å². The van der Waals surface area contributed by atoms with Gasteiger partial charge in [0.25, 0.3) is 5.91 Å². The molecular weight excluding hydrogens is 492 g/mol. The summed E-state index contributed by atoms with van der Waals surface area (Å²) in [6.45, 7) is 4.45. The number of hydrogen-bond acceptors (Lipinski definition) is 8. The number of rotatable bonds is 5. The fourth-order valence-electron chi connectivity index (χ4n) is 5.04. The number of thiazole rings is 1. The lowest BCUT2D eigenvalue weighted by molar-refractivity contribution is -0.133.